The van der Waals surface area contributed by atoms with Crippen LogP contribution in [-0.4, -0.2) is 30.4 Å². The first-order valence-corrected chi connectivity index (χ1v) is 10.2. The van der Waals surface area contributed by atoms with Crippen molar-refractivity contribution in [3.8, 4) is 0 Å². The molecule has 0 aliphatic carbocycles. The maximum Gasteiger partial charge on any atom is 0.225 e. The Morgan fingerprint density at radius 1 is 1.28 bits per heavy atom. The van der Waals surface area contributed by atoms with E-state index in [0.29, 0.717) is 13.0 Å². The number of hydrogen-bond acceptors (Lipinski definition) is 3. The van der Waals surface area contributed by atoms with Crippen molar-refractivity contribution in [2.24, 2.45) is 5.92 Å². The highest BCUT2D eigenvalue weighted by Crippen LogP contribution is 2.27. The van der Waals surface area contributed by atoms with E-state index in [1.54, 1.807) is 11.3 Å². The summed E-state index contributed by atoms with van der Waals surface area (Å²) >= 11 is 7.67. The molecule has 134 valence electrons. The minimum absolute atomic E-state index is 0.0896. The van der Waals surface area contributed by atoms with Gasteiger partial charge in [-0.05, 0) is 61.0 Å². The van der Waals surface area contributed by atoms with Crippen molar-refractivity contribution >= 4 is 28.8 Å². The van der Waals surface area contributed by atoms with E-state index in [0.717, 1.165) is 28.9 Å². The second-order valence-electron chi connectivity index (χ2n) is 6.85. The minimum Gasteiger partial charge on any atom is -0.354 e. The zero-order chi connectivity index (χ0) is 17.6. The Morgan fingerprint density at radius 3 is 2.64 bits per heavy atom. The topological polar surface area (TPSA) is 32.3 Å². The predicted molar refractivity (Wildman–Crippen MR) is 105 cm³/mol. The smallest absolute Gasteiger partial charge is 0.225 e. The molecule has 3 nitrogen and oxygen atoms in total. The van der Waals surface area contributed by atoms with E-state index in [1.165, 1.54) is 18.4 Å². The summed E-state index contributed by atoms with van der Waals surface area (Å²) in [5, 5.41) is 5.89. The molecule has 1 N–H and O–H groups in total. The van der Waals surface area contributed by atoms with Gasteiger partial charge < -0.3 is 5.32 Å². The number of nitrogens with one attached hydrogen (secondary N) is 1. The summed E-state index contributed by atoms with van der Waals surface area (Å²) in [7, 11) is 0. The van der Waals surface area contributed by atoms with E-state index >= 15 is 0 Å². The van der Waals surface area contributed by atoms with Gasteiger partial charge in [-0.2, -0.15) is 0 Å². The maximum atomic E-state index is 12.3. The summed E-state index contributed by atoms with van der Waals surface area (Å²) in [4.78, 5) is 15.9. The van der Waals surface area contributed by atoms with Crippen molar-refractivity contribution in [2.45, 2.75) is 32.2 Å². The van der Waals surface area contributed by atoms with Crippen LogP contribution in [0, 0.1) is 5.92 Å². The predicted octanol–water partition coefficient (Wildman–Crippen LogP) is 4.53. The van der Waals surface area contributed by atoms with Gasteiger partial charge in [0.2, 0.25) is 5.91 Å². The zero-order valence-corrected chi connectivity index (χ0v) is 16.2. The fraction of sp³-hybridized carbons (Fsp3) is 0.450. The van der Waals surface area contributed by atoms with Gasteiger partial charge in [0.05, 0.1) is 12.5 Å². The summed E-state index contributed by atoms with van der Waals surface area (Å²) in [6.45, 7) is 5.11. The lowest BCUT2D eigenvalue weighted by Crippen LogP contribution is -2.42. The van der Waals surface area contributed by atoms with Gasteiger partial charge in [0, 0.05) is 16.4 Å². The lowest BCUT2D eigenvalue weighted by Gasteiger charge is -2.37. The molecular formula is C20H25ClN2OS. The second kappa shape index (κ2) is 8.84. The Kier molecular flexibility index (Phi) is 6.51. The van der Waals surface area contributed by atoms with E-state index in [-0.39, 0.29) is 11.9 Å². The first-order chi connectivity index (χ1) is 12.1. The molecule has 1 fully saturated rings. The highest BCUT2D eigenvalue weighted by Gasteiger charge is 2.25. The number of amides is 1. The van der Waals surface area contributed by atoms with E-state index in [2.05, 4.69) is 29.3 Å². The number of thiophene rings is 1. The van der Waals surface area contributed by atoms with Gasteiger partial charge in [-0.1, -0.05) is 36.7 Å². The number of carbonyl (C=O) groups excluding carboxylic acids is 1. The Balaban J connectivity index is 1.65. The normalized spacial score (nSPS) is 17.4. The standard InChI is InChI=1S/C20H25ClN2OS/c1-15-8-10-23(11-9-15)19(16-4-6-17(21)7-5-16)14-22-20(24)13-18-3-2-12-25-18/h2-7,12,15,19H,8-11,13-14H2,1H3,(H,22,24). The van der Waals surface area contributed by atoms with E-state index < -0.39 is 0 Å². The Bertz CT molecular complexity index is 664. The third kappa shape index (κ3) is 5.30. The van der Waals surface area contributed by atoms with Gasteiger partial charge >= 0.3 is 0 Å². The van der Waals surface area contributed by atoms with Gasteiger partial charge in [-0.25, -0.2) is 0 Å². The van der Waals surface area contributed by atoms with Crippen LogP contribution in [0.25, 0.3) is 0 Å². The van der Waals surface area contributed by atoms with Crippen LogP contribution in [0.4, 0.5) is 0 Å². The summed E-state index contributed by atoms with van der Waals surface area (Å²) < 4.78 is 0. The van der Waals surface area contributed by atoms with Gasteiger partial charge in [-0.3, -0.25) is 9.69 Å². The van der Waals surface area contributed by atoms with Crippen molar-refractivity contribution in [3.05, 3.63) is 57.2 Å². The van der Waals surface area contributed by atoms with E-state index in [4.69, 9.17) is 11.6 Å². The fourth-order valence-corrected chi connectivity index (χ4v) is 4.16. The summed E-state index contributed by atoms with van der Waals surface area (Å²) in [5.41, 5.74) is 1.22. The molecule has 0 saturated carbocycles. The van der Waals surface area contributed by atoms with Crippen LogP contribution >= 0.6 is 22.9 Å². The van der Waals surface area contributed by atoms with Crippen molar-refractivity contribution in [1.82, 2.24) is 10.2 Å². The third-order valence-electron chi connectivity index (χ3n) is 4.92. The van der Waals surface area contributed by atoms with Crippen LogP contribution in [0.1, 0.15) is 36.2 Å². The third-order valence-corrected chi connectivity index (χ3v) is 6.05. The van der Waals surface area contributed by atoms with Gasteiger partial charge in [0.1, 0.15) is 0 Å². The summed E-state index contributed by atoms with van der Waals surface area (Å²) in [5.74, 6) is 0.877. The lowest BCUT2D eigenvalue weighted by molar-refractivity contribution is -0.120. The fourth-order valence-electron chi connectivity index (χ4n) is 3.33. The molecule has 25 heavy (non-hydrogen) atoms. The lowest BCUT2D eigenvalue weighted by atomic mass is 9.95. The molecule has 1 aliphatic rings. The molecule has 1 aliphatic heterocycles. The molecule has 5 heteroatoms. The number of nitrogens with zero attached hydrogens (tertiary/aromatic N) is 1. The summed E-state index contributed by atoms with van der Waals surface area (Å²) in [6.07, 6.45) is 2.89. The van der Waals surface area contributed by atoms with Gasteiger partial charge in [0.25, 0.3) is 0 Å². The number of piperidine rings is 1. The number of hydrogen-bond donors (Lipinski definition) is 1. The molecule has 1 unspecified atom stereocenters. The molecule has 0 bridgehead atoms. The van der Waals surface area contributed by atoms with Gasteiger partial charge in [0.15, 0.2) is 0 Å². The molecule has 0 spiro atoms. The first kappa shape index (κ1) is 18.4. The monoisotopic (exact) mass is 376 g/mol. The van der Waals surface area contributed by atoms with Crippen LogP contribution in [0.3, 0.4) is 0 Å². The van der Waals surface area contributed by atoms with E-state index in [1.807, 2.05) is 29.6 Å². The number of likely N-dealkylation sites (tertiary alicyclic amines) is 1. The molecule has 0 radical (unpaired) electrons. The van der Waals surface area contributed by atoms with E-state index in [9.17, 15) is 4.79 Å². The van der Waals surface area contributed by atoms with Crippen LogP contribution in [0.2, 0.25) is 5.02 Å². The van der Waals surface area contributed by atoms with Crippen molar-refractivity contribution in [1.29, 1.82) is 0 Å². The molecule has 1 atom stereocenters. The average molecular weight is 377 g/mol. The number of carbonyl (C=O) groups is 1. The SMILES string of the molecule is CC1CCN(C(CNC(=O)Cc2cccs2)c2ccc(Cl)cc2)CC1. The van der Waals surface area contributed by atoms with Crippen LogP contribution in [0.15, 0.2) is 41.8 Å². The van der Waals surface area contributed by atoms with Crippen molar-refractivity contribution in [2.75, 3.05) is 19.6 Å². The minimum atomic E-state index is 0.0896. The average Bonchev–Trinajstić information content (AvgIpc) is 3.11. The summed E-state index contributed by atoms with van der Waals surface area (Å²) in [6, 6.07) is 12.2. The van der Waals surface area contributed by atoms with Crippen LogP contribution in [-0.2, 0) is 11.2 Å². The molecule has 1 saturated heterocycles. The molecule has 1 aromatic carbocycles. The van der Waals surface area contributed by atoms with Crippen LogP contribution in [0.5, 0.6) is 0 Å². The Labute approximate surface area is 159 Å². The number of halogens is 1. The number of rotatable bonds is 6. The van der Waals surface area contributed by atoms with Crippen LogP contribution < -0.4 is 5.32 Å². The first-order valence-electron chi connectivity index (χ1n) is 8.90. The molecule has 2 aromatic rings. The maximum absolute atomic E-state index is 12.3. The molecule has 3 rings (SSSR count). The van der Waals surface area contributed by atoms with Crippen molar-refractivity contribution in [3.63, 3.8) is 0 Å². The number of benzene rings is 1. The van der Waals surface area contributed by atoms with Crippen molar-refractivity contribution < 1.29 is 4.79 Å². The molecular weight excluding hydrogens is 352 g/mol. The second-order valence-corrected chi connectivity index (χ2v) is 8.31. The highest BCUT2D eigenvalue weighted by molar-refractivity contribution is 7.10. The van der Waals surface area contributed by atoms with Gasteiger partial charge in [-0.15, -0.1) is 11.3 Å². The Hall–Kier alpha value is -1.36. The molecule has 1 aromatic heterocycles. The highest BCUT2D eigenvalue weighted by atomic mass is 35.5. The molecule has 1 amide bonds. The molecule has 2 heterocycles. The zero-order valence-electron chi connectivity index (χ0n) is 14.6. The largest absolute Gasteiger partial charge is 0.354 e. The Morgan fingerprint density at radius 2 is 2.00 bits per heavy atom. The quantitative estimate of drug-likeness (QED) is 0.803.